The maximum atomic E-state index is 12.7. The number of halogens is 1. The van der Waals surface area contributed by atoms with E-state index >= 15 is 0 Å². The third kappa shape index (κ3) is 11.8. The molecule has 0 saturated heterocycles. The zero-order chi connectivity index (χ0) is 43.7. The number of fused-ring (bicyclic) bond motifs is 1. The fourth-order valence-corrected chi connectivity index (χ4v) is 8.54. The SMILES string of the molecule is NC(=O)Nc1cc(Nc2nc(Cl)nc(Nc3cccc(S(=O)(=O)CCOS(=O)(=O)O)c3)n2)ccc1N=Nc1cc2c(S(=O)(=O)O)cc(S(=O)(=O)O)cc2cc1S(=O)(=O)O. The first-order chi connectivity index (χ1) is 27.2. The van der Waals surface area contributed by atoms with Crippen LogP contribution in [0.1, 0.15) is 0 Å². The van der Waals surface area contributed by atoms with Gasteiger partial charge in [-0.05, 0) is 77.7 Å². The molecule has 1 aromatic heterocycles. The van der Waals surface area contributed by atoms with Crippen LogP contribution in [0, 0.1) is 0 Å². The van der Waals surface area contributed by atoms with Gasteiger partial charge in [0.25, 0.3) is 30.4 Å². The molecule has 0 fully saturated rings. The van der Waals surface area contributed by atoms with Crippen molar-refractivity contribution in [1.82, 2.24) is 15.0 Å². The summed E-state index contributed by atoms with van der Waals surface area (Å²) >= 11 is 6.08. The molecular formula is C28H24ClN9O16S5. The Morgan fingerprint density at radius 3 is 1.88 bits per heavy atom. The number of primary amides is 1. The number of aromatic nitrogens is 3. The lowest BCUT2D eigenvalue weighted by Gasteiger charge is -2.12. The lowest BCUT2D eigenvalue weighted by molar-refractivity contribution is 0.259. The van der Waals surface area contributed by atoms with Crippen LogP contribution in [0.4, 0.5) is 45.1 Å². The number of nitrogens with one attached hydrogen (secondary N) is 3. The Balaban J connectivity index is 1.47. The van der Waals surface area contributed by atoms with Crippen molar-refractivity contribution in [2.75, 3.05) is 28.3 Å². The lowest BCUT2D eigenvalue weighted by Crippen LogP contribution is -2.19. The average Bonchev–Trinajstić information content (AvgIpc) is 3.08. The molecule has 0 radical (unpaired) electrons. The highest BCUT2D eigenvalue weighted by Gasteiger charge is 2.25. The van der Waals surface area contributed by atoms with Crippen LogP contribution in [0.5, 0.6) is 0 Å². The smallest absolute Gasteiger partial charge is 0.351 e. The molecule has 59 heavy (non-hydrogen) atoms. The molecule has 314 valence electrons. The number of hydrogen-bond acceptors (Lipinski definition) is 19. The maximum Gasteiger partial charge on any atom is 0.397 e. The molecule has 0 saturated carbocycles. The largest absolute Gasteiger partial charge is 0.397 e. The number of amides is 2. The quantitative estimate of drug-likeness (QED) is 0.0550. The standard InChI is InChI=1S/C28H24ClN9O16S5/c29-25-34-27(31-15-2-1-3-17(10-15)55(40,41)7-6-54-59(51,52)53)36-28(35-25)32-16-4-5-20(21(11-16)33-26(30)39)37-38-22-13-19-14(9-24(22)58(48,49)50)8-18(56(42,43)44)12-23(19)57(45,46)47/h1-5,8-13H,6-7H2,(H3,30,33,39)(H,42,43,44)(H,45,46,47)(H,48,49,50)(H,51,52,53)(H2,31,32,34,35,36). The first kappa shape index (κ1) is 44.6. The number of hydrogen-bond donors (Lipinski definition) is 8. The molecule has 5 aromatic rings. The number of azo groups is 1. The van der Waals surface area contributed by atoms with Gasteiger partial charge in [0.15, 0.2) is 9.84 Å². The number of sulfone groups is 1. The van der Waals surface area contributed by atoms with Gasteiger partial charge in [0.1, 0.15) is 21.2 Å². The Morgan fingerprint density at radius 2 is 1.31 bits per heavy atom. The third-order valence-electron chi connectivity index (χ3n) is 7.24. The van der Waals surface area contributed by atoms with Crippen molar-refractivity contribution in [2.24, 2.45) is 16.0 Å². The zero-order valence-electron chi connectivity index (χ0n) is 28.7. The second-order valence-corrected chi connectivity index (χ2v) is 19.1. The summed E-state index contributed by atoms with van der Waals surface area (Å²) in [7, 11) is -24.5. The number of urea groups is 1. The Hall–Kier alpha value is -5.54. The molecule has 4 aromatic carbocycles. The van der Waals surface area contributed by atoms with Gasteiger partial charge >= 0.3 is 16.4 Å². The molecule has 2 amide bonds. The van der Waals surface area contributed by atoms with E-state index in [1.54, 1.807) is 0 Å². The highest BCUT2D eigenvalue weighted by molar-refractivity contribution is 7.91. The molecular weight excluding hydrogens is 914 g/mol. The Kier molecular flexibility index (Phi) is 12.5. The van der Waals surface area contributed by atoms with Crippen LogP contribution in [0.25, 0.3) is 10.8 Å². The van der Waals surface area contributed by atoms with Gasteiger partial charge in [-0.1, -0.05) is 6.07 Å². The van der Waals surface area contributed by atoms with Crippen molar-refractivity contribution in [3.05, 3.63) is 72.0 Å². The van der Waals surface area contributed by atoms with Crippen molar-refractivity contribution < 1.29 is 69.3 Å². The molecule has 0 atom stereocenters. The van der Waals surface area contributed by atoms with Crippen LogP contribution in [0.2, 0.25) is 5.28 Å². The minimum atomic E-state index is -5.23. The van der Waals surface area contributed by atoms with E-state index < -0.39 is 100 Å². The number of carbonyl (C=O) groups excluding carboxylic acids is 1. The van der Waals surface area contributed by atoms with Gasteiger partial charge in [-0.15, -0.1) is 10.2 Å². The van der Waals surface area contributed by atoms with Crippen molar-refractivity contribution in [3.63, 3.8) is 0 Å². The van der Waals surface area contributed by atoms with Gasteiger partial charge in [-0.2, -0.15) is 48.6 Å². The van der Waals surface area contributed by atoms with Crippen LogP contribution in [0.15, 0.2) is 96.5 Å². The average molecular weight is 938 g/mol. The third-order valence-corrected chi connectivity index (χ3v) is 12.2. The van der Waals surface area contributed by atoms with E-state index in [2.05, 4.69) is 45.3 Å². The fourth-order valence-electron chi connectivity index (χ4n) is 4.86. The Labute approximate surface area is 337 Å². The molecule has 0 spiro atoms. The summed E-state index contributed by atoms with van der Waals surface area (Å²) in [5.74, 6) is -1.24. The summed E-state index contributed by atoms with van der Waals surface area (Å²) in [6, 6.07) is 10.1. The second-order valence-electron chi connectivity index (χ2n) is 11.4. The summed E-state index contributed by atoms with van der Waals surface area (Å²) in [5.41, 5.74) is 4.36. The van der Waals surface area contributed by atoms with Crippen LogP contribution < -0.4 is 21.7 Å². The monoisotopic (exact) mass is 937 g/mol. The molecule has 0 aliphatic rings. The molecule has 0 bridgehead atoms. The van der Waals surface area contributed by atoms with Crippen molar-refractivity contribution in [3.8, 4) is 0 Å². The maximum absolute atomic E-state index is 12.7. The van der Waals surface area contributed by atoms with Crippen molar-refractivity contribution >= 4 is 119 Å². The minimum absolute atomic E-state index is 0.109. The molecule has 5 rings (SSSR count). The van der Waals surface area contributed by atoms with Gasteiger partial charge in [-0.3, -0.25) is 18.2 Å². The normalized spacial score (nSPS) is 12.8. The lowest BCUT2D eigenvalue weighted by atomic mass is 10.1. The highest BCUT2D eigenvalue weighted by Crippen LogP contribution is 2.37. The summed E-state index contributed by atoms with van der Waals surface area (Å²) < 4.78 is 161. The van der Waals surface area contributed by atoms with Gasteiger partial charge in [-0.25, -0.2) is 17.4 Å². The van der Waals surface area contributed by atoms with Crippen LogP contribution in [-0.2, 0) is 54.8 Å². The van der Waals surface area contributed by atoms with E-state index in [4.69, 9.17) is 21.9 Å². The van der Waals surface area contributed by atoms with E-state index in [1.165, 1.54) is 36.4 Å². The number of benzene rings is 4. The van der Waals surface area contributed by atoms with Gasteiger partial charge < -0.3 is 21.7 Å². The van der Waals surface area contributed by atoms with Crippen LogP contribution in [0.3, 0.4) is 0 Å². The Bertz CT molecular complexity index is 3140. The van der Waals surface area contributed by atoms with Gasteiger partial charge in [0.05, 0.1) is 27.8 Å². The highest BCUT2D eigenvalue weighted by atomic mass is 35.5. The molecule has 0 unspecified atom stereocenters. The summed E-state index contributed by atoms with van der Waals surface area (Å²) in [6.07, 6.45) is 0. The van der Waals surface area contributed by atoms with E-state index in [0.29, 0.717) is 18.2 Å². The number of nitrogens with two attached hydrogens (primary N) is 1. The summed E-state index contributed by atoms with van der Waals surface area (Å²) in [6.45, 7) is -0.859. The van der Waals surface area contributed by atoms with E-state index in [0.717, 1.165) is 12.1 Å². The van der Waals surface area contributed by atoms with Crippen LogP contribution >= 0.6 is 11.6 Å². The number of nitrogens with zero attached hydrogens (tertiary/aromatic N) is 5. The number of anilines is 5. The fraction of sp³-hybridized carbons (Fsp3) is 0.0714. The van der Waals surface area contributed by atoms with Crippen molar-refractivity contribution in [1.29, 1.82) is 0 Å². The predicted octanol–water partition coefficient (Wildman–Crippen LogP) is 3.40. The van der Waals surface area contributed by atoms with Gasteiger partial charge in [0, 0.05) is 16.8 Å². The van der Waals surface area contributed by atoms with E-state index in [1.807, 2.05) is 0 Å². The van der Waals surface area contributed by atoms with Gasteiger partial charge in [0.2, 0.25) is 17.2 Å². The first-order valence-electron chi connectivity index (χ1n) is 15.2. The minimum Gasteiger partial charge on any atom is -0.351 e. The Morgan fingerprint density at radius 1 is 0.695 bits per heavy atom. The summed E-state index contributed by atoms with van der Waals surface area (Å²) in [4.78, 5) is 20.5. The molecule has 31 heteroatoms. The topological polar surface area (TPSA) is 403 Å². The molecule has 0 aliphatic heterocycles. The number of carbonyl (C=O) groups is 1. The van der Waals surface area contributed by atoms with Crippen molar-refractivity contribution in [2.45, 2.75) is 19.6 Å². The second kappa shape index (κ2) is 16.6. The summed E-state index contributed by atoms with van der Waals surface area (Å²) in [5, 5.41) is 14.0. The van der Waals surface area contributed by atoms with E-state index in [9.17, 15) is 60.5 Å². The van der Waals surface area contributed by atoms with Crippen LogP contribution in [-0.4, -0.2) is 93.6 Å². The number of rotatable bonds is 15. The van der Waals surface area contributed by atoms with E-state index in [-0.39, 0.29) is 44.8 Å². The predicted molar refractivity (Wildman–Crippen MR) is 205 cm³/mol. The molecule has 9 N–H and O–H groups in total. The zero-order valence-corrected chi connectivity index (χ0v) is 33.5. The molecule has 1 heterocycles. The molecule has 25 nitrogen and oxygen atoms in total. The molecule has 0 aliphatic carbocycles. The first-order valence-corrected chi connectivity index (χ1v) is 23.0.